The van der Waals surface area contributed by atoms with Crippen LogP contribution in [-0.2, 0) is 0 Å². The first-order valence-electron chi connectivity index (χ1n) is 4.64. The van der Waals surface area contributed by atoms with E-state index in [0.29, 0.717) is 11.9 Å². The highest BCUT2D eigenvalue weighted by atomic mass is 16.3. The quantitative estimate of drug-likeness (QED) is 0.643. The summed E-state index contributed by atoms with van der Waals surface area (Å²) in [7, 11) is 0. The van der Waals surface area contributed by atoms with Crippen molar-refractivity contribution in [3.05, 3.63) is 24.3 Å². The summed E-state index contributed by atoms with van der Waals surface area (Å²) in [6.07, 6.45) is 0.613. The molecular formula is C10H12N2O. The molecule has 0 amide bonds. The minimum Gasteiger partial charge on any atom is -0.508 e. The van der Waals surface area contributed by atoms with E-state index in [1.165, 1.54) is 13.1 Å². The third kappa shape index (κ3) is 1.08. The summed E-state index contributed by atoms with van der Waals surface area (Å²) >= 11 is 0. The van der Waals surface area contributed by atoms with Crippen LogP contribution in [-0.4, -0.2) is 35.8 Å². The van der Waals surface area contributed by atoms with Crippen LogP contribution in [0.1, 0.15) is 0 Å². The van der Waals surface area contributed by atoms with Crippen molar-refractivity contribution in [2.45, 2.75) is 6.17 Å². The molecule has 3 rings (SSSR count). The summed E-state index contributed by atoms with van der Waals surface area (Å²) in [5.41, 5.74) is 1.14. The summed E-state index contributed by atoms with van der Waals surface area (Å²) < 4.78 is 0. The Labute approximate surface area is 77.2 Å². The van der Waals surface area contributed by atoms with Gasteiger partial charge in [-0.15, -0.1) is 0 Å². The Hall–Kier alpha value is -1.22. The second-order valence-corrected chi connectivity index (χ2v) is 3.69. The van der Waals surface area contributed by atoms with Crippen molar-refractivity contribution < 1.29 is 5.11 Å². The Bertz CT molecular complexity index is 339. The van der Waals surface area contributed by atoms with Crippen LogP contribution in [0.2, 0.25) is 0 Å². The van der Waals surface area contributed by atoms with Gasteiger partial charge in [-0.2, -0.15) is 0 Å². The van der Waals surface area contributed by atoms with E-state index in [4.69, 9.17) is 0 Å². The van der Waals surface area contributed by atoms with Crippen LogP contribution >= 0.6 is 0 Å². The Balaban J connectivity index is 1.91. The van der Waals surface area contributed by atoms with Crippen molar-refractivity contribution in [2.75, 3.05) is 24.5 Å². The van der Waals surface area contributed by atoms with Gasteiger partial charge in [-0.1, -0.05) is 6.07 Å². The number of anilines is 1. The molecule has 2 heterocycles. The van der Waals surface area contributed by atoms with Crippen LogP contribution < -0.4 is 4.90 Å². The second-order valence-electron chi connectivity index (χ2n) is 3.69. The molecule has 2 aliphatic rings. The van der Waals surface area contributed by atoms with Crippen molar-refractivity contribution >= 4 is 5.69 Å². The van der Waals surface area contributed by atoms with Gasteiger partial charge < -0.3 is 10.0 Å². The highest BCUT2D eigenvalue weighted by molar-refractivity contribution is 5.53. The van der Waals surface area contributed by atoms with Crippen molar-refractivity contribution in [3.63, 3.8) is 0 Å². The highest BCUT2D eigenvalue weighted by Crippen LogP contribution is 2.33. The maximum absolute atomic E-state index is 9.33. The largest absolute Gasteiger partial charge is 0.508 e. The summed E-state index contributed by atoms with van der Waals surface area (Å²) in [5, 5.41) is 9.33. The van der Waals surface area contributed by atoms with E-state index in [0.717, 1.165) is 12.2 Å². The first-order chi connectivity index (χ1) is 6.34. The van der Waals surface area contributed by atoms with Gasteiger partial charge in [0.05, 0.1) is 6.17 Å². The fraction of sp³-hybridized carbons (Fsp3) is 0.400. The third-order valence-corrected chi connectivity index (χ3v) is 2.83. The highest BCUT2D eigenvalue weighted by Gasteiger charge is 2.44. The van der Waals surface area contributed by atoms with Gasteiger partial charge in [-0.3, -0.25) is 4.90 Å². The lowest BCUT2D eigenvalue weighted by Crippen LogP contribution is -2.23. The average Bonchev–Trinajstić information content (AvgIpc) is 2.78. The number of benzene rings is 1. The second kappa shape index (κ2) is 2.39. The van der Waals surface area contributed by atoms with Crippen LogP contribution in [0.4, 0.5) is 5.69 Å². The van der Waals surface area contributed by atoms with E-state index in [9.17, 15) is 5.11 Å². The van der Waals surface area contributed by atoms with E-state index < -0.39 is 0 Å². The number of fused-ring (bicyclic) bond motifs is 1. The first kappa shape index (κ1) is 7.21. The third-order valence-electron chi connectivity index (χ3n) is 2.83. The fourth-order valence-electron chi connectivity index (χ4n) is 2.06. The molecule has 3 heteroatoms. The van der Waals surface area contributed by atoms with Gasteiger partial charge in [0.2, 0.25) is 0 Å². The van der Waals surface area contributed by atoms with Crippen molar-refractivity contribution in [1.82, 2.24) is 4.90 Å². The number of hydrogen-bond donors (Lipinski definition) is 1. The standard InChI is InChI=1S/C10H12N2O/c13-9-3-1-2-8(6-9)12-5-4-11-7-10(11)12/h1-3,6,10,13H,4-5,7H2. The number of phenols is 1. The molecule has 0 saturated carbocycles. The number of phenolic OH excluding ortho intramolecular Hbond substituents is 1. The Morgan fingerprint density at radius 1 is 1.31 bits per heavy atom. The van der Waals surface area contributed by atoms with E-state index >= 15 is 0 Å². The lowest BCUT2D eigenvalue weighted by molar-refractivity contribution is 0.475. The summed E-state index contributed by atoms with van der Waals surface area (Å²) in [5.74, 6) is 0.358. The van der Waals surface area contributed by atoms with E-state index in [1.807, 2.05) is 12.1 Å². The van der Waals surface area contributed by atoms with Crippen LogP contribution in [0, 0.1) is 0 Å². The zero-order chi connectivity index (χ0) is 8.84. The molecular weight excluding hydrogens is 164 g/mol. The Morgan fingerprint density at radius 3 is 2.85 bits per heavy atom. The normalized spacial score (nSPS) is 30.3. The minimum absolute atomic E-state index is 0.358. The van der Waals surface area contributed by atoms with Crippen LogP contribution in [0.5, 0.6) is 5.75 Å². The molecule has 1 aromatic rings. The average molecular weight is 176 g/mol. The molecule has 1 N–H and O–H groups in total. The molecule has 2 fully saturated rings. The van der Waals surface area contributed by atoms with Gasteiger partial charge >= 0.3 is 0 Å². The Morgan fingerprint density at radius 2 is 2.23 bits per heavy atom. The predicted molar refractivity (Wildman–Crippen MR) is 50.8 cm³/mol. The maximum atomic E-state index is 9.33. The molecule has 68 valence electrons. The van der Waals surface area contributed by atoms with Gasteiger partial charge in [0.1, 0.15) is 5.75 Å². The molecule has 0 bridgehead atoms. The number of hydrogen-bond acceptors (Lipinski definition) is 3. The SMILES string of the molecule is Oc1cccc(N2CCN3CC32)c1. The molecule has 2 atom stereocenters. The minimum atomic E-state index is 0.358. The molecule has 1 aromatic carbocycles. The molecule has 0 radical (unpaired) electrons. The van der Waals surface area contributed by atoms with Gasteiger partial charge in [0.25, 0.3) is 0 Å². The zero-order valence-corrected chi connectivity index (χ0v) is 7.35. The van der Waals surface area contributed by atoms with Crippen LogP contribution in [0.25, 0.3) is 0 Å². The van der Waals surface area contributed by atoms with Crippen molar-refractivity contribution in [1.29, 1.82) is 0 Å². The predicted octanol–water partition coefficient (Wildman–Crippen LogP) is 0.854. The number of aromatic hydroxyl groups is 1. The number of nitrogens with zero attached hydrogens (tertiary/aromatic N) is 2. The smallest absolute Gasteiger partial charge is 0.117 e. The molecule has 0 aromatic heterocycles. The maximum Gasteiger partial charge on any atom is 0.117 e. The first-order valence-corrected chi connectivity index (χ1v) is 4.64. The van der Waals surface area contributed by atoms with Gasteiger partial charge in [0, 0.05) is 31.4 Å². The Kier molecular flexibility index (Phi) is 1.32. The van der Waals surface area contributed by atoms with Crippen molar-refractivity contribution in [2.24, 2.45) is 0 Å². The fourth-order valence-corrected chi connectivity index (χ4v) is 2.06. The number of piperazine rings is 1. The number of rotatable bonds is 1. The molecule has 0 aliphatic carbocycles. The molecule has 2 aliphatic heterocycles. The van der Waals surface area contributed by atoms with E-state index in [2.05, 4.69) is 15.9 Å². The molecule has 2 unspecified atom stereocenters. The molecule has 2 saturated heterocycles. The molecule has 0 spiro atoms. The van der Waals surface area contributed by atoms with Gasteiger partial charge in [-0.25, -0.2) is 0 Å². The van der Waals surface area contributed by atoms with Gasteiger partial charge in [-0.05, 0) is 12.1 Å². The van der Waals surface area contributed by atoms with E-state index in [-0.39, 0.29) is 0 Å². The summed E-state index contributed by atoms with van der Waals surface area (Å²) in [4.78, 5) is 4.77. The summed E-state index contributed by atoms with van der Waals surface area (Å²) in [6.45, 7) is 3.45. The topological polar surface area (TPSA) is 26.5 Å². The lowest BCUT2D eigenvalue weighted by Gasteiger charge is -2.18. The van der Waals surface area contributed by atoms with Crippen molar-refractivity contribution in [3.8, 4) is 5.75 Å². The zero-order valence-electron chi connectivity index (χ0n) is 7.35. The van der Waals surface area contributed by atoms with Crippen LogP contribution in [0.15, 0.2) is 24.3 Å². The van der Waals surface area contributed by atoms with Gasteiger partial charge in [0.15, 0.2) is 0 Å². The van der Waals surface area contributed by atoms with E-state index in [1.54, 1.807) is 6.07 Å². The van der Waals surface area contributed by atoms with Crippen LogP contribution in [0.3, 0.4) is 0 Å². The molecule has 3 nitrogen and oxygen atoms in total. The monoisotopic (exact) mass is 176 g/mol. The molecule has 13 heavy (non-hydrogen) atoms. The lowest BCUT2D eigenvalue weighted by atomic mass is 10.2. The summed E-state index contributed by atoms with van der Waals surface area (Å²) in [6, 6.07) is 7.50.